The number of fused-ring (bicyclic) bond motifs is 2. The average Bonchev–Trinajstić information content (AvgIpc) is 3.40. The van der Waals surface area contributed by atoms with Crippen LogP contribution in [0.15, 0.2) is 110 Å². The second-order valence-corrected chi connectivity index (χ2v) is 15.2. The van der Waals surface area contributed by atoms with Crippen molar-refractivity contribution >= 4 is 55.8 Å². The van der Waals surface area contributed by atoms with Gasteiger partial charge in [0, 0.05) is 0 Å². The van der Waals surface area contributed by atoms with Crippen molar-refractivity contribution in [3.05, 3.63) is 134 Å². The Morgan fingerprint density at radius 2 is 1.25 bits per heavy atom. The van der Waals surface area contributed by atoms with E-state index in [1.54, 1.807) is 6.56 Å². The van der Waals surface area contributed by atoms with Gasteiger partial charge >= 0.3 is 234 Å². The minimum Gasteiger partial charge on any atom is -1.00 e. The molecule has 0 aromatic heterocycles. The standard InChI is InChI=1S/C15H8BrS.C15H10Br.2FH.Zr/c16-14-8-12-7-10-4-5-13(15(10)14)9-2-1-3-11(6-9)17-12;16-14-8-4-7-12-9-10-13(15(12)14)11-5-2-1-3-6-11;;;/h1-4,6-8,13H;1-9,13H;2*1H;/q;;;;+2/p-2. The Morgan fingerprint density at radius 1 is 0.583 bits per heavy atom. The molecular weight excluding hydrogens is 681 g/mol. The predicted octanol–water partition coefficient (Wildman–Crippen LogP) is 3.44. The first-order valence-electron chi connectivity index (χ1n) is 11.3. The van der Waals surface area contributed by atoms with Gasteiger partial charge in [-0.05, 0) is 0 Å². The summed E-state index contributed by atoms with van der Waals surface area (Å²) in [5.74, 6) is 0.700. The number of benzene rings is 4. The fourth-order valence-corrected chi connectivity index (χ4v) is 12.1. The molecule has 36 heavy (non-hydrogen) atoms. The summed E-state index contributed by atoms with van der Waals surface area (Å²) >= 11 is 8.63. The maximum absolute atomic E-state index is 3.95. The van der Waals surface area contributed by atoms with Crippen molar-refractivity contribution in [1.82, 2.24) is 0 Å². The summed E-state index contributed by atoms with van der Waals surface area (Å²) in [6.45, 7) is 0. The van der Waals surface area contributed by atoms with Crippen molar-refractivity contribution in [2.75, 3.05) is 0 Å². The molecule has 0 N–H and O–H groups in total. The molecular formula is C30H18Br2F2SZr. The quantitative estimate of drug-likeness (QED) is 0.316. The van der Waals surface area contributed by atoms with E-state index in [9.17, 15) is 0 Å². The van der Waals surface area contributed by atoms with E-state index in [-0.39, 0.29) is 9.41 Å². The van der Waals surface area contributed by atoms with Crippen LogP contribution in [0.1, 0.15) is 45.2 Å². The van der Waals surface area contributed by atoms with Crippen LogP contribution in [0.5, 0.6) is 0 Å². The molecule has 6 heteroatoms. The van der Waals surface area contributed by atoms with E-state index >= 15 is 0 Å². The number of halogens is 4. The fourth-order valence-electron chi connectivity index (χ4n) is 5.51. The van der Waals surface area contributed by atoms with Crippen LogP contribution in [0.4, 0.5) is 0 Å². The second kappa shape index (κ2) is 10.3. The molecule has 0 radical (unpaired) electrons. The molecule has 0 nitrogen and oxygen atoms in total. The zero-order valence-electron chi connectivity index (χ0n) is 18.8. The smallest absolute Gasteiger partial charge is 1.00 e. The van der Waals surface area contributed by atoms with E-state index in [0.717, 1.165) is 0 Å². The summed E-state index contributed by atoms with van der Waals surface area (Å²) in [5.41, 5.74) is 8.48. The third-order valence-corrected chi connectivity index (χ3v) is 12.7. The molecule has 2 heterocycles. The first-order valence-corrected chi connectivity index (χ1v) is 16.2. The van der Waals surface area contributed by atoms with Crippen LogP contribution in [0.2, 0.25) is 0 Å². The van der Waals surface area contributed by atoms with Crippen LogP contribution in [-0.2, 0) is 23.2 Å². The summed E-state index contributed by atoms with van der Waals surface area (Å²) in [6, 6.07) is 31.6. The summed E-state index contributed by atoms with van der Waals surface area (Å²) in [4.78, 5) is 2.64. The Hall–Kier alpha value is -1.59. The summed E-state index contributed by atoms with van der Waals surface area (Å²) in [7, 11) is 0. The monoisotopic (exact) mass is 696 g/mol. The van der Waals surface area contributed by atoms with Crippen LogP contribution in [0, 0.1) is 0 Å². The van der Waals surface area contributed by atoms with E-state index in [4.69, 9.17) is 0 Å². The van der Waals surface area contributed by atoms with Crippen molar-refractivity contribution < 1.29 is 32.6 Å². The SMILES string of the molecule is Brc1cccc2c1C(c1ccccc1)[C]([Zr+2][C]1=Cc3cc4cc(Br)c3C1c1cccc(c1)S4)=C2.[F-].[F-]. The number of rotatable bonds is 3. The van der Waals surface area contributed by atoms with Crippen molar-refractivity contribution in [2.45, 2.75) is 21.6 Å². The van der Waals surface area contributed by atoms with Crippen LogP contribution >= 0.6 is 43.6 Å². The Morgan fingerprint density at radius 3 is 2.06 bits per heavy atom. The van der Waals surface area contributed by atoms with Crippen molar-refractivity contribution in [3.8, 4) is 0 Å². The Balaban J connectivity index is 0.00000133. The van der Waals surface area contributed by atoms with Crippen LogP contribution < -0.4 is 9.41 Å². The Bertz CT molecular complexity index is 1550. The number of hydrogen-bond acceptors (Lipinski definition) is 1. The molecule has 176 valence electrons. The van der Waals surface area contributed by atoms with Crippen LogP contribution in [0.3, 0.4) is 0 Å². The number of allylic oxidation sites excluding steroid dienone is 2. The van der Waals surface area contributed by atoms with Crippen molar-refractivity contribution in [2.24, 2.45) is 0 Å². The molecule has 2 unspecified atom stereocenters. The molecule has 0 saturated carbocycles. The molecule has 2 atom stereocenters. The van der Waals surface area contributed by atoms with Gasteiger partial charge in [-0.3, -0.25) is 0 Å². The van der Waals surface area contributed by atoms with Gasteiger partial charge in [-0.1, -0.05) is 0 Å². The normalized spacial score (nSPS) is 17.9. The molecule has 0 fully saturated rings. The zero-order valence-corrected chi connectivity index (χ0v) is 25.3. The summed E-state index contributed by atoms with van der Waals surface area (Å²) in [6.07, 6.45) is 5.03. The maximum atomic E-state index is 3.95. The van der Waals surface area contributed by atoms with E-state index in [0.29, 0.717) is 11.8 Å². The Kier molecular flexibility index (Phi) is 7.44. The fraction of sp³-hybridized carbons (Fsp3) is 0.0667. The second-order valence-electron chi connectivity index (χ2n) is 8.93. The topological polar surface area (TPSA) is 0 Å². The van der Waals surface area contributed by atoms with E-state index in [1.807, 2.05) is 11.8 Å². The van der Waals surface area contributed by atoms with Crippen molar-refractivity contribution in [3.63, 3.8) is 0 Å². The molecule has 2 aliphatic carbocycles. The first-order chi connectivity index (χ1) is 16.7. The van der Waals surface area contributed by atoms with Gasteiger partial charge in [0.2, 0.25) is 0 Å². The van der Waals surface area contributed by atoms with Crippen LogP contribution in [0.25, 0.3) is 12.2 Å². The third kappa shape index (κ3) is 4.28. The van der Waals surface area contributed by atoms with Crippen LogP contribution in [-0.4, -0.2) is 0 Å². The summed E-state index contributed by atoms with van der Waals surface area (Å²) < 4.78 is 5.75. The van der Waals surface area contributed by atoms with Gasteiger partial charge in [-0.2, -0.15) is 0 Å². The molecule has 0 amide bonds. The van der Waals surface area contributed by atoms with Gasteiger partial charge in [0.15, 0.2) is 0 Å². The van der Waals surface area contributed by atoms with E-state index in [1.165, 1.54) is 52.1 Å². The van der Waals surface area contributed by atoms with Gasteiger partial charge < -0.3 is 9.41 Å². The molecule has 4 aromatic rings. The maximum Gasteiger partial charge on any atom is -1.00 e. The van der Waals surface area contributed by atoms with Crippen molar-refractivity contribution in [1.29, 1.82) is 0 Å². The molecule has 8 rings (SSSR count). The van der Waals surface area contributed by atoms with Gasteiger partial charge in [-0.25, -0.2) is 0 Å². The van der Waals surface area contributed by atoms with E-state index < -0.39 is 23.2 Å². The van der Waals surface area contributed by atoms with E-state index in [2.05, 4.69) is 129 Å². The molecule has 4 aliphatic rings. The average molecular weight is 700 g/mol. The van der Waals surface area contributed by atoms with Gasteiger partial charge in [0.25, 0.3) is 0 Å². The largest absolute Gasteiger partial charge is 1.00 e. The van der Waals surface area contributed by atoms with Gasteiger partial charge in [-0.15, -0.1) is 0 Å². The molecule has 0 saturated heterocycles. The summed E-state index contributed by atoms with van der Waals surface area (Å²) in [5, 5.41) is 0. The first kappa shape index (κ1) is 26.0. The van der Waals surface area contributed by atoms with Gasteiger partial charge in [0.05, 0.1) is 0 Å². The van der Waals surface area contributed by atoms with Gasteiger partial charge in [0.1, 0.15) is 0 Å². The zero-order chi connectivity index (χ0) is 22.8. The molecule has 6 bridgehead atoms. The molecule has 0 spiro atoms. The predicted molar refractivity (Wildman–Crippen MR) is 145 cm³/mol. The minimum absolute atomic E-state index is 0. The number of hydrogen-bond donors (Lipinski definition) is 0. The Labute approximate surface area is 241 Å². The molecule has 2 aliphatic heterocycles. The minimum atomic E-state index is -1.07. The third-order valence-electron chi connectivity index (χ3n) is 6.89. The molecule has 4 aromatic carbocycles.